The fourth-order valence-corrected chi connectivity index (χ4v) is 1.86. The van der Waals surface area contributed by atoms with Crippen LogP contribution in [0.1, 0.15) is 0 Å². The predicted octanol–water partition coefficient (Wildman–Crippen LogP) is 3.43. The highest BCUT2D eigenvalue weighted by atomic mass is 16.5. The molecule has 0 saturated heterocycles. The largest absolute Gasteiger partial charge is 0.494 e. The zero-order valence-electron chi connectivity index (χ0n) is 12.4. The van der Waals surface area contributed by atoms with Crippen LogP contribution in [-0.4, -0.2) is 26.4 Å². The molecule has 0 heterocycles. The van der Waals surface area contributed by atoms with Crippen molar-refractivity contribution < 1.29 is 23.8 Å². The van der Waals surface area contributed by atoms with Crippen LogP contribution in [0.4, 0.5) is 11.4 Å². The molecule has 0 aliphatic carbocycles. The van der Waals surface area contributed by atoms with Crippen LogP contribution < -0.4 is 14.2 Å². The summed E-state index contributed by atoms with van der Waals surface area (Å²) in [5.74, 6) is 1.70. The van der Waals surface area contributed by atoms with E-state index in [0.29, 0.717) is 34.4 Å². The molecule has 2 rings (SSSR count). The second kappa shape index (κ2) is 7.56. The monoisotopic (exact) mass is 312 g/mol. The second-order valence-corrected chi connectivity index (χ2v) is 4.18. The van der Waals surface area contributed by atoms with E-state index in [-0.39, 0.29) is 0 Å². The molecular formula is C16H12N2O5. The van der Waals surface area contributed by atoms with Crippen LogP contribution in [0.3, 0.4) is 0 Å². The van der Waals surface area contributed by atoms with E-state index in [0.717, 1.165) is 0 Å². The highest BCUT2D eigenvalue weighted by Gasteiger charge is 2.08. The van der Waals surface area contributed by atoms with Crippen LogP contribution in [0, 0.1) is 0 Å². The lowest BCUT2D eigenvalue weighted by molar-refractivity contribution is 0.405. The summed E-state index contributed by atoms with van der Waals surface area (Å²) in [5, 5.41) is 0. The molecular weight excluding hydrogens is 300 g/mol. The molecule has 0 N–H and O–H groups in total. The van der Waals surface area contributed by atoms with Crippen molar-refractivity contribution in [2.45, 2.75) is 0 Å². The third-order valence-corrected chi connectivity index (χ3v) is 2.87. The lowest BCUT2D eigenvalue weighted by Gasteiger charge is -2.10. The van der Waals surface area contributed by atoms with Crippen molar-refractivity contribution in [2.75, 3.05) is 14.2 Å². The zero-order valence-corrected chi connectivity index (χ0v) is 12.4. The molecule has 0 saturated carbocycles. The van der Waals surface area contributed by atoms with Crippen molar-refractivity contribution >= 4 is 23.5 Å². The zero-order chi connectivity index (χ0) is 16.7. The lowest BCUT2D eigenvalue weighted by atomic mass is 10.2. The van der Waals surface area contributed by atoms with Crippen LogP contribution in [0.2, 0.25) is 0 Å². The molecule has 7 nitrogen and oxygen atoms in total. The molecule has 0 aliphatic heterocycles. The number of aliphatic imine (C=N–C) groups is 2. The van der Waals surface area contributed by atoms with Gasteiger partial charge in [-0.15, -0.1) is 0 Å². The number of rotatable bonds is 6. The second-order valence-electron chi connectivity index (χ2n) is 4.18. The quantitative estimate of drug-likeness (QED) is 0.602. The fourth-order valence-electron chi connectivity index (χ4n) is 1.86. The Balaban J connectivity index is 2.32. The van der Waals surface area contributed by atoms with Crippen LogP contribution in [0.5, 0.6) is 23.0 Å². The van der Waals surface area contributed by atoms with Gasteiger partial charge in [-0.05, 0) is 24.3 Å². The standard InChI is InChI=1S/C16H12N2O5/c1-21-15-7-11(3-5-13(15)17-9-19)23-12-4-6-14(18-10-20)16(8-12)22-2/h3-8H,1-2H3. The minimum atomic E-state index is 0.350. The SMILES string of the molecule is COc1cc(Oc2ccc(N=C=O)c(OC)c2)ccc1N=C=O. The topological polar surface area (TPSA) is 86.6 Å². The Bertz CT molecular complexity index is 739. The van der Waals surface area contributed by atoms with E-state index in [1.165, 1.54) is 26.4 Å². The van der Waals surface area contributed by atoms with Gasteiger partial charge < -0.3 is 14.2 Å². The van der Waals surface area contributed by atoms with E-state index in [1.807, 2.05) is 0 Å². The van der Waals surface area contributed by atoms with Crippen molar-refractivity contribution in [2.24, 2.45) is 9.98 Å². The van der Waals surface area contributed by atoms with Gasteiger partial charge >= 0.3 is 0 Å². The maximum atomic E-state index is 10.3. The Morgan fingerprint density at radius 3 is 1.57 bits per heavy atom. The summed E-state index contributed by atoms with van der Waals surface area (Å²) in [7, 11) is 2.91. The summed E-state index contributed by atoms with van der Waals surface area (Å²) in [6.07, 6.45) is 2.91. The van der Waals surface area contributed by atoms with E-state index >= 15 is 0 Å². The van der Waals surface area contributed by atoms with Gasteiger partial charge in [0.05, 0.1) is 14.2 Å². The Hall–Kier alpha value is -3.40. The average Bonchev–Trinajstić information content (AvgIpc) is 2.58. The lowest BCUT2D eigenvalue weighted by Crippen LogP contribution is -1.89. The first-order chi connectivity index (χ1) is 11.2. The van der Waals surface area contributed by atoms with Crippen molar-refractivity contribution in [3.05, 3.63) is 36.4 Å². The first-order valence-electron chi connectivity index (χ1n) is 6.41. The number of ether oxygens (including phenoxy) is 3. The van der Waals surface area contributed by atoms with Gasteiger partial charge in [0, 0.05) is 12.1 Å². The number of carbonyl (C=O) groups excluding carboxylic acids is 2. The molecule has 2 aromatic carbocycles. The summed E-state index contributed by atoms with van der Waals surface area (Å²) in [6.45, 7) is 0. The minimum absolute atomic E-state index is 0.350. The van der Waals surface area contributed by atoms with E-state index in [4.69, 9.17) is 14.2 Å². The third kappa shape index (κ3) is 3.83. The van der Waals surface area contributed by atoms with Gasteiger partial charge in [-0.3, -0.25) is 0 Å². The summed E-state index contributed by atoms with van der Waals surface area (Å²) in [5.41, 5.74) is 0.700. The molecule has 2 aromatic rings. The number of hydrogen-bond donors (Lipinski definition) is 0. The minimum Gasteiger partial charge on any atom is -0.494 e. The third-order valence-electron chi connectivity index (χ3n) is 2.87. The summed E-state index contributed by atoms with van der Waals surface area (Å²) in [4.78, 5) is 27.8. The highest BCUT2D eigenvalue weighted by Crippen LogP contribution is 2.36. The maximum absolute atomic E-state index is 10.3. The van der Waals surface area contributed by atoms with Crippen LogP contribution >= 0.6 is 0 Å². The Kier molecular flexibility index (Phi) is 5.25. The molecule has 0 amide bonds. The summed E-state index contributed by atoms with van der Waals surface area (Å²) in [6, 6.07) is 9.56. The van der Waals surface area contributed by atoms with Crippen LogP contribution in [0.15, 0.2) is 46.4 Å². The molecule has 0 unspecified atom stereocenters. The number of isocyanates is 2. The van der Waals surface area contributed by atoms with Gasteiger partial charge in [0.15, 0.2) is 0 Å². The van der Waals surface area contributed by atoms with Crippen molar-refractivity contribution in [1.82, 2.24) is 0 Å². The Morgan fingerprint density at radius 2 is 1.22 bits per heavy atom. The van der Waals surface area contributed by atoms with Gasteiger partial charge in [-0.25, -0.2) is 9.59 Å². The Morgan fingerprint density at radius 1 is 0.783 bits per heavy atom. The number of hydrogen-bond acceptors (Lipinski definition) is 7. The van der Waals surface area contributed by atoms with Crippen molar-refractivity contribution in [3.63, 3.8) is 0 Å². The smallest absolute Gasteiger partial charge is 0.240 e. The number of benzene rings is 2. The van der Waals surface area contributed by atoms with Gasteiger partial charge in [-0.1, -0.05) is 0 Å². The van der Waals surface area contributed by atoms with Crippen LogP contribution in [-0.2, 0) is 9.59 Å². The average molecular weight is 312 g/mol. The number of methoxy groups -OCH3 is 2. The first-order valence-corrected chi connectivity index (χ1v) is 6.41. The van der Waals surface area contributed by atoms with E-state index in [2.05, 4.69) is 9.98 Å². The predicted molar refractivity (Wildman–Crippen MR) is 81.6 cm³/mol. The molecule has 23 heavy (non-hydrogen) atoms. The van der Waals surface area contributed by atoms with Crippen LogP contribution in [0.25, 0.3) is 0 Å². The van der Waals surface area contributed by atoms with E-state index in [9.17, 15) is 9.59 Å². The van der Waals surface area contributed by atoms with Gasteiger partial charge in [0.25, 0.3) is 0 Å². The molecule has 0 bridgehead atoms. The maximum Gasteiger partial charge on any atom is 0.240 e. The summed E-state index contributed by atoms with van der Waals surface area (Å²) < 4.78 is 16.0. The molecule has 0 radical (unpaired) electrons. The molecule has 0 spiro atoms. The molecule has 0 aliphatic rings. The van der Waals surface area contributed by atoms with Crippen molar-refractivity contribution in [1.29, 1.82) is 0 Å². The summed E-state index contributed by atoms with van der Waals surface area (Å²) >= 11 is 0. The van der Waals surface area contributed by atoms with Gasteiger partial charge in [0.2, 0.25) is 12.2 Å². The molecule has 0 fully saturated rings. The fraction of sp³-hybridized carbons (Fsp3) is 0.125. The highest BCUT2D eigenvalue weighted by molar-refractivity contribution is 5.62. The molecule has 0 atom stereocenters. The molecule has 0 aromatic heterocycles. The van der Waals surface area contributed by atoms with Gasteiger partial charge in [0.1, 0.15) is 34.4 Å². The van der Waals surface area contributed by atoms with E-state index in [1.54, 1.807) is 36.4 Å². The first kappa shape index (κ1) is 16.0. The molecule has 116 valence electrons. The van der Waals surface area contributed by atoms with Gasteiger partial charge in [-0.2, -0.15) is 9.98 Å². The normalized spacial score (nSPS) is 9.30. The van der Waals surface area contributed by atoms with E-state index < -0.39 is 0 Å². The number of nitrogens with zero attached hydrogens (tertiary/aromatic N) is 2. The van der Waals surface area contributed by atoms with Crippen molar-refractivity contribution in [3.8, 4) is 23.0 Å². The Labute approximate surface area is 131 Å². The molecule has 7 heteroatoms.